The van der Waals surface area contributed by atoms with Crippen LogP contribution in [0.5, 0.6) is 5.75 Å². The maximum atomic E-state index is 13.3. The van der Waals surface area contributed by atoms with Crippen molar-refractivity contribution in [3.05, 3.63) is 41.2 Å². The van der Waals surface area contributed by atoms with Gasteiger partial charge in [-0.2, -0.15) is 0 Å². The molecule has 31 heavy (non-hydrogen) atoms. The minimum absolute atomic E-state index is 0.113. The van der Waals surface area contributed by atoms with E-state index in [1.54, 1.807) is 50.1 Å². The van der Waals surface area contributed by atoms with Crippen LogP contribution < -0.4 is 4.74 Å². The first kappa shape index (κ1) is 22.6. The van der Waals surface area contributed by atoms with Gasteiger partial charge in [-0.3, -0.25) is 9.59 Å². The Labute approximate surface area is 182 Å². The Morgan fingerprint density at radius 2 is 1.71 bits per heavy atom. The molecule has 1 aromatic carbocycles. The van der Waals surface area contributed by atoms with Crippen LogP contribution in [0.4, 0.5) is 0 Å². The van der Waals surface area contributed by atoms with Crippen LogP contribution in [-0.2, 0) is 9.53 Å². The van der Waals surface area contributed by atoms with Crippen LogP contribution in [0.3, 0.4) is 0 Å². The van der Waals surface area contributed by atoms with Crippen molar-refractivity contribution in [2.45, 2.75) is 34.1 Å². The van der Waals surface area contributed by atoms with Crippen LogP contribution in [-0.4, -0.2) is 54.3 Å². The Balaban J connectivity index is 2.06. The second-order valence-electron chi connectivity index (χ2n) is 8.31. The van der Waals surface area contributed by atoms with E-state index >= 15 is 0 Å². The number of carbonyl (C=O) groups excluding carboxylic acids is 3. The number of ether oxygens (including phenoxy) is 2. The lowest BCUT2D eigenvalue weighted by Crippen LogP contribution is -2.45. The Hall–Kier alpha value is -3.09. The van der Waals surface area contributed by atoms with Crippen molar-refractivity contribution in [2.75, 3.05) is 26.8 Å². The highest BCUT2D eigenvalue weighted by atomic mass is 16.5. The Morgan fingerprint density at radius 1 is 1.10 bits per heavy atom. The summed E-state index contributed by atoms with van der Waals surface area (Å²) < 4.78 is 10.4. The molecule has 1 aliphatic rings. The quantitative estimate of drug-likeness (QED) is 0.430. The summed E-state index contributed by atoms with van der Waals surface area (Å²) in [5.74, 6) is -0.414. The summed E-state index contributed by atoms with van der Waals surface area (Å²) in [6, 6.07) is 7.01. The first-order chi connectivity index (χ1) is 14.8. The molecule has 7 heteroatoms. The molecule has 1 amide bonds. The number of aromatic nitrogens is 1. The maximum absolute atomic E-state index is 13.3. The Kier molecular flexibility index (Phi) is 6.83. The average molecular weight is 427 g/mol. The van der Waals surface area contributed by atoms with Crippen LogP contribution in [0.15, 0.2) is 24.3 Å². The van der Waals surface area contributed by atoms with Gasteiger partial charge in [0.15, 0.2) is 0 Å². The van der Waals surface area contributed by atoms with E-state index in [2.05, 4.69) is 18.8 Å². The van der Waals surface area contributed by atoms with Gasteiger partial charge < -0.3 is 19.4 Å². The number of amides is 1. The van der Waals surface area contributed by atoms with E-state index < -0.39 is 17.7 Å². The van der Waals surface area contributed by atoms with Gasteiger partial charge in [0.2, 0.25) is 0 Å². The van der Waals surface area contributed by atoms with Crippen LogP contribution in [0.1, 0.15) is 53.7 Å². The Morgan fingerprint density at radius 3 is 2.26 bits per heavy atom. The smallest absolute Gasteiger partial charge is 0.340 e. The number of aromatic amines is 1. The average Bonchev–Trinajstić information content (AvgIpc) is 3.09. The molecular formula is C24H30N2O5. The molecule has 2 aromatic rings. The largest absolute Gasteiger partial charge is 0.497 e. The Bertz CT molecular complexity index is 967. The molecule has 3 rings (SSSR count). The maximum Gasteiger partial charge on any atom is 0.340 e. The number of likely N-dealkylation sites (tertiary alicyclic amines) is 1. The van der Waals surface area contributed by atoms with E-state index in [0.717, 1.165) is 6.42 Å². The fourth-order valence-electron chi connectivity index (χ4n) is 4.38. The zero-order valence-electron chi connectivity index (χ0n) is 18.8. The van der Waals surface area contributed by atoms with Crippen LogP contribution in [0.25, 0.3) is 11.1 Å². The van der Waals surface area contributed by atoms with Gasteiger partial charge in [0.1, 0.15) is 11.4 Å². The monoisotopic (exact) mass is 426 g/mol. The van der Waals surface area contributed by atoms with Crippen LogP contribution in [0.2, 0.25) is 0 Å². The molecule has 1 N–H and O–H groups in total. The van der Waals surface area contributed by atoms with Crippen molar-refractivity contribution < 1.29 is 23.9 Å². The van der Waals surface area contributed by atoms with Gasteiger partial charge in [0.25, 0.3) is 11.7 Å². The van der Waals surface area contributed by atoms with E-state index in [-0.39, 0.29) is 17.9 Å². The molecule has 1 fully saturated rings. The van der Waals surface area contributed by atoms with Gasteiger partial charge in [0, 0.05) is 24.3 Å². The number of carbonyl (C=O) groups is 3. The lowest BCUT2D eigenvalue weighted by atomic mass is 9.91. The molecule has 0 aliphatic carbocycles. The summed E-state index contributed by atoms with van der Waals surface area (Å²) >= 11 is 0. The second-order valence-corrected chi connectivity index (χ2v) is 8.31. The standard InChI is InChI=1S/C24H30N2O5/c1-6-31-24(29)19-16(4)25-21(20(19)17-7-9-18(30-5)10-8-17)22(27)23(28)26-12-14(2)11-15(3)13-26/h7-10,14-15,25H,6,11-13H2,1-5H3/t14-,15-/m0/s1. The summed E-state index contributed by atoms with van der Waals surface area (Å²) in [5.41, 5.74) is 1.88. The molecule has 1 aromatic heterocycles. The molecule has 1 aliphatic heterocycles. The third-order valence-electron chi connectivity index (χ3n) is 5.62. The van der Waals surface area contributed by atoms with Crippen molar-refractivity contribution in [3.63, 3.8) is 0 Å². The summed E-state index contributed by atoms with van der Waals surface area (Å²) in [6.45, 7) is 8.90. The topological polar surface area (TPSA) is 88.7 Å². The van der Waals surface area contributed by atoms with Crippen molar-refractivity contribution in [1.82, 2.24) is 9.88 Å². The van der Waals surface area contributed by atoms with Crippen LogP contribution in [0, 0.1) is 18.8 Å². The van der Waals surface area contributed by atoms with E-state index in [1.807, 2.05) is 0 Å². The van der Waals surface area contributed by atoms with E-state index in [4.69, 9.17) is 9.47 Å². The minimum atomic E-state index is -0.647. The number of hydrogen-bond donors (Lipinski definition) is 1. The van der Waals surface area contributed by atoms with Crippen molar-refractivity contribution >= 4 is 17.7 Å². The zero-order chi connectivity index (χ0) is 22.7. The lowest BCUT2D eigenvalue weighted by molar-refractivity contribution is -0.129. The summed E-state index contributed by atoms with van der Waals surface area (Å²) in [4.78, 5) is 43.8. The fraction of sp³-hybridized carbons (Fsp3) is 0.458. The van der Waals surface area contributed by atoms with Gasteiger partial charge in [-0.25, -0.2) is 4.79 Å². The number of piperidine rings is 1. The molecule has 0 saturated carbocycles. The number of Topliss-reactive ketones (excluding diaryl/α,β-unsaturated/α-hetero) is 1. The van der Waals surface area contributed by atoms with Crippen molar-refractivity contribution in [2.24, 2.45) is 11.8 Å². The third kappa shape index (κ3) is 4.65. The van der Waals surface area contributed by atoms with Crippen LogP contribution >= 0.6 is 0 Å². The highest BCUT2D eigenvalue weighted by molar-refractivity contribution is 6.43. The van der Waals surface area contributed by atoms with Gasteiger partial charge in [-0.1, -0.05) is 26.0 Å². The second kappa shape index (κ2) is 9.37. The molecule has 0 radical (unpaired) electrons. The number of hydrogen-bond acceptors (Lipinski definition) is 5. The normalized spacial score (nSPS) is 18.5. The number of nitrogens with zero attached hydrogens (tertiary/aromatic N) is 1. The number of nitrogens with one attached hydrogen (secondary N) is 1. The molecule has 2 atom stereocenters. The molecule has 0 unspecified atom stereocenters. The molecule has 2 heterocycles. The number of esters is 1. The predicted octanol–water partition coefficient (Wildman–Crippen LogP) is 3.86. The fourth-order valence-corrected chi connectivity index (χ4v) is 4.38. The number of ketones is 1. The van der Waals surface area contributed by atoms with Gasteiger partial charge in [0.05, 0.1) is 19.3 Å². The van der Waals surface area contributed by atoms with Gasteiger partial charge in [-0.15, -0.1) is 0 Å². The van der Waals surface area contributed by atoms with E-state index in [1.165, 1.54) is 0 Å². The van der Waals surface area contributed by atoms with Gasteiger partial charge >= 0.3 is 5.97 Å². The number of benzene rings is 1. The lowest BCUT2D eigenvalue weighted by Gasteiger charge is -2.34. The van der Waals surface area contributed by atoms with Crippen molar-refractivity contribution in [1.29, 1.82) is 0 Å². The minimum Gasteiger partial charge on any atom is -0.497 e. The highest BCUT2D eigenvalue weighted by Crippen LogP contribution is 2.33. The third-order valence-corrected chi connectivity index (χ3v) is 5.62. The predicted molar refractivity (Wildman–Crippen MR) is 117 cm³/mol. The van der Waals surface area contributed by atoms with E-state index in [9.17, 15) is 14.4 Å². The zero-order valence-corrected chi connectivity index (χ0v) is 18.8. The molecular weight excluding hydrogens is 396 g/mol. The SMILES string of the molecule is CCOC(=O)c1c(C)[nH]c(C(=O)C(=O)N2C[C@@H](C)C[C@H](C)C2)c1-c1ccc(OC)cc1. The number of rotatable bonds is 6. The molecule has 0 spiro atoms. The van der Waals surface area contributed by atoms with Crippen molar-refractivity contribution in [3.8, 4) is 16.9 Å². The first-order valence-electron chi connectivity index (χ1n) is 10.6. The number of methoxy groups -OCH3 is 1. The molecule has 0 bridgehead atoms. The number of H-pyrrole nitrogens is 1. The molecule has 1 saturated heterocycles. The molecule has 7 nitrogen and oxygen atoms in total. The summed E-state index contributed by atoms with van der Waals surface area (Å²) in [6.07, 6.45) is 1.03. The van der Waals surface area contributed by atoms with E-state index in [0.29, 0.717) is 47.5 Å². The highest BCUT2D eigenvalue weighted by Gasteiger charge is 2.34. The summed E-state index contributed by atoms with van der Waals surface area (Å²) in [5, 5.41) is 0. The molecule has 166 valence electrons. The summed E-state index contributed by atoms with van der Waals surface area (Å²) in [7, 11) is 1.56. The van der Waals surface area contributed by atoms with Gasteiger partial charge in [-0.05, 0) is 49.8 Å². The first-order valence-corrected chi connectivity index (χ1v) is 10.6. The number of aryl methyl sites for hydroxylation is 1.